The van der Waals surface area contributed by atoms with Crippen molar-refractivity contribution in [2.24, 2.45) is 0 Å². The van der Waals surface area contributed by atoms with Crippen LogP contribution in [0.5, 0.6) is 0 Å². The van der Waals surface area contributed by atoms with Crippen LogP contribution < -0.4 is 16.0 Å². The van der Waals surface area contributed by atoms with Gasteiger partial charge in [-0.25, -0.2) is 4.79 Å². The van der Waals surface area contributed by atoms with Crippen LogP contribution >= 0.6 is 23.2 Å². The predicted molar refractivity (Wildman–Crippen MR) is 79.1 cm³/mol. The number of piperidine rings is 1. The van der Waals surface area contributed by atoms with Crippen molar-refractivity contribution >= 4 is 34.9 Å². The largest absolute Gasteiger partial charge is 0.334 e. The second kappa shape index (κ2) is 6.46. The molecule has 1 aromatic carbocycles. The summed E-state index contributed by atoms with van der Waals surface area (Å²) in [6, 6.07) is 5.11. The van der Waals surface area contributed by atoms with Gasteiger partial charge in [0.1, 0.15) is 0 Å². The molecule has 2 rings (SSSR count). The van der Waals surface area contributed by atoms with Gasteiger partial charge in [0.25, 0.3) is 0 Å². The zero-order valence-electron chi connectivity index (χ0n) is 10.7. The van der Waals surface area contributed by atoms with Gasteiger partial charge < -0.3 is 16.0 Å². The Morgan fingerprint density at radius 3 is 2.95 bits per heavy atom. The van der Waals surface area contributed by atoms with Gasteiger partial charge in [-0.2, -0.15) is 0 Å². The molecular weight excluding hydrogens is 285 g/mol. The second-order valence-electron chi connectivity index (χ2n) is 4.71. The van der Waals surface area contributed by atoms with E-state index in [4.69, 9.17) is 23.2 Å². The van der Waals surface area contributed by atoms with Crippen molar-refractivity contribution in [2.45, 2.75) is 31.8 Å². The molecule has 2 unspecified atom stereocenters. The van der Waals surface area contributed by atoms with Gasteiger partial charge in [-0.1, -0.05) is 23.2 Å². The third-order valence-corrected chi connectivity index (χ3v) is 3.82. The number of carbonyl (C=O) groups is 1. The van der Waals surface area contributed by atoms with Crippen LogP contribution in [0.1, 0.15) is 19.8 Å². The first-order chi connectivity index (χ1) is 9.06. The molecule has 6 heteroatoms. The Bertz CT molecular complexity index is 467. The average molecular weight is 302 g/mol. The fourth-order valence-corrected chi connectivity index (χ4v) is 2.50. The lowest BCUT2D eigenvalue weighted by atomic mass is 10.0. The first-order valence-electron chi connectivity index (χ1n) is 6.32. The molecule has 1 aliphatic heterocycles. The molecule has 1 heterocycles. The summed E-state index contributed by atoms with van der Waals surface area (Å²) in [7, 11) is 0. The van der Waals surface area contributed by atoms with Crippen molar-refractivity contribution in [3.63, 3.8) is 0 Å². The lowest BCUT2D eigenvalue weighted by molar-refractivity contribution is 0.239. The minimum absolute atomic E-state index is 0.131. The minimum atomic E-state index is -0.260. The van der Waals surface area contributed by atoms with E-state index >= 15 is 0 Å². The number of anilines is 1. The SMILES string of the molecule is CC1NCCCC1NC(=O)Nc1cc(Cl)ccc1Cl. The maximum Gasteiger partial charge on any atom is 0.319 e. The van der Waals surface area contributed by atoms with Crippen molar-refractivity contribution in [2.75, 3.05) is 11.9 Å². The number of carbonyl (C=O) groups excluding carboxylic acids is 1. The van der Waals surface area contributed by atoms with Crippen molar-refractivity contribution in [1.82, 2.24) is 10.6 Å². The third-order valence-electron chi connectivity index (χ3n) is 3.25. The fraction of sp³-hybridized carbons (Fsp3) is 0.462. The summed E-state index contributed by atoms with van der Waals surface area (Å²) in [6.07, 6.45) is 2.04. The number of benzene rings is 1. The molecule has 0 spiro atoms. The number of amides is 2. The van der Waals surface area contributed by atoms with E-state index in [0.717, 1.165) is 19.4 Å². The highest BCUT2D eigenvalue weighted by molar-refractivity contribution is 6.35. The van der Waals surface area contributed by atoms with Crippen molar-refractivity contribution in [3.8, 4) is 0 Å². The van der Waals surface area contributed by atoms with E-state index in [1.165, 1.54) is 0 Å². The highest BCUT2D eigenvalue weighted by Gasteiger charge is 2.22. The molecule has 0 aliphatic carbocycles. The van der Waals surface area contributed by atoms with Crippen LogP contribution in [-0.4, -0.2) is 24.7 Å². The molecule has 104 valence electrons. The molecule has 0 saturated carbocycles. The molecule has 4 nitrogen and oxygen atoms in total. The highest BCUT2D eigenvalue weighted by atomic mass is 35.5. The Hall–Kier alpha value is -0.970. The molecule has 19 heavy (non-hydrogen) atoms. The summed E-state index contributed by atoms with van der Waals surface area (Å²) < 4.78 is 0. The summed E-state index contributed by atoms with van der Waals surface area (Å²) in [5.41, 5.74) is 0.517. The van der Waals surface area contributed by atoms with Crippen molar-refractivity contribution in [1.29, 1.82) is 0 Å². The molecule has 3 N–H and O–H groups in total. The molecule has 0 radical (unpaired) electrons. The van der Waals surface area contributed by atoms with Gasteiger partial charge in [-0.05, 0) is 44.5 Å². The molecule has 1 fully saturated rings. The van der Waals surface area contributed by atoms with E-state index in [9.17, 15) is 4.79 Å². The number of halogens is 2. The molecule has 0 bridgehead atoms. The standard InChI is InChI=1S/C13H17Cl2N3O/c1-8-11(3-2-6-16-8)17-13(19)18-12-7-9(14)4-5-10(12)15/h4-5,7-8,11,16H,2-3,6H2,1H3,(H2,17,18,19). The fourth-order valence-electron chi connectivity index (χ4n) is 2.16. The van der Waals surface area contributed by atoms with Crippen LogP contribution in [0.3, 0.4) is 0 Å². The predicted octanol–water partition coefficient (Wildman–Crippen LogP) is 3.26. The average Bonchev–Trinajstić information content (AvgIpc) is 2.37. The maximum atomic E-state index is 11.9. The summed E-state index contributed by atoms with van der Waals surface area (Å²) in [5.74, 6) is 0. The number of urea groups is 1. The van der Waals surface area contributed by atoms with Crippen molar-refractivity contribution < 1.29 is 4.79 Å². The molecule has 2 amide bonds. The van der Waals surface area contributed by atoms with Crippen LogP contribution in [0, 0.1) is 0 Å². The normalized spacial score (nSPS) is 22.9. The Labute approximate surface area is 122 Å². The number of rotatable bonds is 2. The lowest BCUT2D eigenvalue weighted by Crippen LogP contribution is -2.52. The van der Waals surface area contributed by atoms with Crippen LogP contribution in [0.25, 0.3) is 0 Å². The van der Waals surface area contributed by atoms with Crippen LogP contribution in [0.4, 0.5) is 10.5 Å². The van der Waals surface area contributed by atoms with E-state index in [0.29, 0.717) is 15.7 Å². The zero-order chi connectivity index (χ0) is 13.8. The van der Waals surface area contributed by atoms with E-state index in [1.807, 2.05) is 0 Å². The summed E-state index contributed by atoms with van der Waals surface area (Å²) in [5, 5.41) is 10.0. The molecule has 1 aromatic rings. The molecular formula is C13H17Cl2N3O. The highest BCUT2D eigenvalue weighted by Crippen LogP contribution is 2.25. The third kappa shape index (κ3) is 4.00. The smallest absolute Gasteiger partial charge is 0.319 e. The van der Waals surface area contributed by atoms with Gasteiger partial charge in [0.05, 0.1) is 10.7 Å². The van der Waals surface area contributed by atoms with Gasteiger partial charge in [0, 0.05) is 17.1 Å². The topological polar surface area (TPSA) is 53.2 Å². The van der Waals surface area contributed by atoms with E-state index < -0.39 is 0 Å². The van der Waals surface area contributed by atoms with Gasteiger partial charge in [0.2, 0.25) is 0 Å². The van der Waals surface area contributed by atoms with Gasteiger partial charge >= 0.3 is 6.03 Å². The lowest BCUT2D eigenvalue weighted by Gasteiger charge is -2.30. The quantitative estimate of drug-likeness (QED) is 0.785. The van der Waals surface area contributed by atoms with E-state index in [-0.39, 0.29) is 18.1 Å². The molecule has 0 aromatic heterocycles. The number of hydrogen-bond acceptors (Lipinski definition) is 2. The summed E-state index contributed by atoms with van der Waals surface area (Å²) in [4.78, 5) is 11.9. The Kier molecular flexibility index (Phi) is 4.91. The van der Waals surface area contributed by atoms with Gasteiger partial charge in [0.15, 0.2) is 0 Å². The number of hydrogen-bond donors (Lipinski definition) is 3. The molecule has 2 atom stereocenters. The van der Waals surface area contributed by atoms with Crippen LogP contribution in [0.2, 0.25) is 10.0 Å². The van der Waals surface area contributed by atoms with Crippen molar-refractivity contribution in [3.05, 3.63) is 28.2 Å². The summed E-state index contributed by atoms with van der Waals surface area (Å²) >= 11 is 11.9. The molecule has 1 saturated heterocycles. The van der Waals surface area contributed by atoms with Gasteiger partial charge in [-0.15, -0.1) is 0 Å². The van der Waals surface area contributed by atoms with Crippen LogP contribution in [0.15, 0.2) is 18.2 Å². The second-order valence-corrected chi connectivity index (χ2v) is 5.56. The van der Waals surface area contributed by atoms with Crippen LogP contribution in [-0.2, 0) is 0 Å². The first-order valence-corrected chi connectivity index (χ1v) is 7.08. The molecule has 1 aliphatic rings. The van der Waals surface area contributed by atoms with E-state index in [1.54, 1.807) is 18.2 Å². The van der Waals surface area contributed by atoms with E-state index in [2.05, 4.69) is 22.9 Å². The Balaban J connectivity index is 1.95. The minimum Gasteiger partial charge on any atom is -0.334 e. The Morgan fingerprint density at radius 2 is 2.21 bits per heavy atom. The number of nitrogens with one attached hydrogen (secondary N) is 3. The maximum absolute atomic E-state index is 11.9. The first kappa shape index (κ1) is 14.4. The Morgan fingerprint density at radius 1 is 1.42 bits per heavy atom. The summed E-state index contributed by atoms with van der Waals surface area (Å²) in [6.45, 7) is 3.07. The van der Waals surface area contributed by atoms with Gasteiger partial charge in [-0.3, -0.25) is 0 Å². The monoisotopic (exact) mass is 301 g/mol. The zero-order valence-corrected chi connectivity index (χ0v) is 12.2.